The Labute approximate surface area is 160 Å². The quantitative estimate of drug-likeness (QED) is 0.862. The predicted molar refractivity (Wildman–Crippen MR) is 105 cm³/mol. The molecule has 1 amide bonds. The second-order valence-corrected chi connectivity index (χ2v) is 8.98. The van der Waals surface area contributed by atoms with Crippen molar-refractivity contribution in [2.75, 3.05) is 18.0 Å². The Morgan fingerprint density at radius 3 is 2.59 bits per heavy atom. The van der Waals surface area contributed by atoms with E-state index in [0.717, 1.165) is 36.9 Å². The number of carbonyl (C=O) groups excluding carboxylic acids is 1. The van der Waals surface area contributed by atoms with Crippen molar-refractivity contribution in [2.45, 2.75) is 43.4 Å². The van der Waals surface area contributed by atoms with Crippen LogP contribution in [0.4, 0.5) is 5.69 Å². The number of aryl methyl sites for hydroxylation is 2. The maximum absolute atomic E-state index is 12.6. The van der Waals surface area contributed by atoms with E-state index in [2.05, 4.69) is 4.72 Å². The smallest absolute Gasteiger partial charge is 0.240 e. The Morgan fingerprint density at radius 2 is 1.74 bits per heavy atom. The second-order valence-electron chi connectivity index (χ2n) is 7.21. The predicted octanol–water partition coefficient (Wildman–Crippen LogP) is 2.82. The summed E-state index contributed by atoms with van der Waals surface area (Å²) in [4.78, 5) is 14.6. The van der Waals surface area contributed by atoms with E-state index in [1.54, 1.807) is 17.0 Å². The summed E-state index contributed by atoms with van der Waals surface area (Å²) in [7, 11) is -3.59. The van der Waals surface area contributed by atoms with Gasteiger partial charge in [0.1, 0.15) is 0 Å². The average Bonchev–Trinajstić information content (AvgIpc) is 3.11. The summed E-state index contributed by atoms with van der Waals surface area (Å²) >= 11 is 0. The largest absolute Gasteiger partial charge is 0.312 e. The van der Waals surface area contributed by atoms with Crippen molar-refractivity contribution in [3.63, 3.8) is 0 Å². The molecule has 0 spiro atoms. The lowest BCUT2D eigenvalue weighted by Crippen LogP contribution is -2.33. The minimum absolute atomic E-state index is 0.0481. The number of nitrogens with zero attached hydrogens (tertiary/aromatic N) is 1. The molecule has 142 valence electrons. The highest BCUT2D eigenvalue weighted by atomic mass is 32.2. The van der Waals surface area contributed by atoms with Crippen LogP contribution in [0.5, 0.6) is 0 Å². The van der Waals surface area contributed by atoms with Crippen LogP contribution >= 0.6 is 0 Å². The third-order valence-electron chi connectivity index (χ3n) is 5.45. The number of carbonyl (C=O) groups is 1. The SMILES string of the molecule is O=C(CCNS(=O)(=O)c1ccc2c(c1)CCCC2)N1CCc2ccccc21. The minimum Gasteiger partial charge on any atom is -0.312 e. The van der Waals surface area contributed by atoms with Crippen LogP contribution in [-0.4, -0.2) is 27.4 Å². The number of amides is 1. The standard InChI is InChI=1S/C21H24N2O3S/c24-21(23-14-12-17-6-3-4-8-20(17)23)11-13-22-27(25,26)19-10-9-16-5-1-2-7-18(16)15-19/h3-4,6,8-10,15,22H,1-2,5,7,11-14H2. The van der Waals surface area contributed by atoms with E-state index in [4.69, 9.17) is 0 Å². The molecule has 2 aromatic carbocycles. The molecule has 1 heterocycles. The van der Waals surface area contributed by atoms with Gasteiger partial charge in [-0.2, -0.15) is 0 Å². The lowest BCUT2D eigenvalue weighted by molar-refractivity contribution is -0.118. The molecule has 2 aromatic rings. The Kier molecular flexibility index (Phi) is 5.02. The molecule has 0 atom stereocenters. The van der Waals surface area contributed by atoms with Crippen LogP contribution < -0.4 is 9.62 Å². The highest BCUT2D eigenvalue weighted by Gasteiger charge is 2.24. The van der Waals surface area contributed by atoms with E-state index in [0.29, 0.717) is 11.4 Å². The Hall–Kier alpha value is -2.18. The van der Waals surface area contributed by atoms with Gasteiger partial charge in [0, 0.05) is 25.2 Å². The first-order valence-corrected chi connectivity index (χ1v) is 11.0. The molecule has 6 heteroatoms. The molecule has 0 unspecified atom stereocenters. The molecule has 0 fully saturated rings. The first-order valence-electron chi connectivity index (χ1n) is 9.54. The number of sulfonamides is 1. The van der Waals surface area contributed by atoms with Gasteiger partial charge in [0.2, 0.25) is 15.9 Å². The molecule has 1 N–H and O–H groups in total. The number of nitrogens with one attached hydrogen (secondary N) is 1. The zero-order valence-corrected chi connectivity index (χ0v) is 16.1. The molecule has 0 saturated heterocycles. The summed E-state index contributed by atoms with van der Waals surface area (Å²) in [6, 6.07) is 13.2. The van der Waals surface area contributed by atoms with Gasteiger partial charge in [-0.1, -0.05) is 24.3 Å². The lowest BCUT2D eigenvalue weighted by atomic mass is 9.92. The van der Waals surface area contributed by atoms with E-state index in [1.165, 1.54) is 17.5 Å². The Balaban J connectivity index is 1.38. The molecule has 27 heavy (non-hydrogen) atoms. The van der Waals surface area contributed by atoms with Crippen LogP contribution in [0.25, 0.3) is 0 Å². The van der Waals surface area contributed by atoms with Gasteiger partial charge in [0.05, 0.1) is 4.90 Å². The second kappa shape index (κ2) is 7.44. The van der Waals surface area contributed by atoms with Crippen molar-refractivity contribution >= 4 is 21.6 Å². The van der Waals surface area contributed by atoms with Crippen LogP contribution in [0.15, 0.2) is 47.4 Å². The first-order chi connectivity index (χ1) is 13.0. The summed E-state index contributed by atoms with van der Waals surface area (Å²) < 4.78 is 27.8. The van der Waals surface area contributed by atoms with Crippen molar-refractivity contribution in [1.29, 1.82) is 0 Å². The van der Waals surface area contributed by atoms with E-state index in [1.807, 2.05) is 30.3 Å². The highest BCUT2D eigenvalue weighted by Crippen LogP contribution is 2.28. The number of para-hydroxylation sites is 1. The summed E-state index contributed by atoms with van der Waals surface area (Å²) in [5, 5.41) is 0. The van der Waals surface area contributed by atoms with Gasteiger partial charge in [-0.3, -0.25) is 4.79 Å². The molecule has 5 nitrogen and oxygen atoms in total. The van der Waals surface area contributed by atoms with Crippen LogP contribution in [0.1, 0.15) is 36.0 Å². The van der Waals surface area contributed by atoms with E-state index < -0.39 is 10.0 Å². The molecule has 0 aromatic heterocycles. The van der Waals surface area contributed by atoms with E-state index >= 15 is 0 Å². The van der Waals surface area contributed by atoms with Gasteiger partial charge in [-0.05, 0) is 67.0 Å². The van der Waals surface area contributed by atoms with Crippen LogP contribution in [0.3, 0.4) is 0 Å². The van der Waals surface area contributed by atoms with Gasteiger partial charge < -0.3 is 4.90 Å². The number of hydrogen-bond acceptors (Lipinski definition) is 3. The average molecular weight is 385 g/mol. The Morgan fingerprint density at radius 1 is 0.963 bits per heavy atom. The van der Waals surface area contributed by atoms with Gasteiger partial charge >= 0.3 is 0 Å². The Bertz CT molecular complexity index is 969. The summed E-state index contributed by atoms with van der Waals surface area (Å²) in [6.45, 7) is 0.771. The summed E-state index contributed by atoms with van der Waals surface area (Å²) in [5.41, 5.74) is 4.50. The normalized spacial score (nSPS) is 16.1. The number of anilines is 1. The first kappa shape index (κ1) is 18.2. The summed E-state index contributed by atoms with van der Waals surface area (Å²) in [6.07, 6.45) is 5.23. The fraction of sp³-hybridized carbons (Fsp3) is 0.381. The van der Waals surface area contributed by atoms with Crippen molar-refractivity contribution in [3.8, 4) is 0 Å². The van der Waals surface area contributed by atoms with Crippen molar-refractivity contribution in [1.82, 2.24) is 4.72 Å². The molecular weight excluding hydrogens is 360 g/mol. The van der Waals surface area contributed by atoms with Crippen LogP contribution in [0.2, 0.25) is 0 Å². The lowest BCUT2D eigenvalue weighted by Gasteiger charge is -2.18. The topological polar surface area (TPSA) is 66.5 Å². The minimum atomic E-state index is -3.59. The molecule has 0 saturated carbocycles. The zero-order valence-electron chi connectivity index (χ0n) is 15.3. The van der Waals surface area contributed by atoms with Crippen molar-refractivity contribution < 1.29 is 13.2 Å². The van der Waals surface area contributed by atoms with E-state index in [-0.39, 0.29) is 18.9 Å². The molecule has 2 aliphatic rings. The number of fused-ring (bicyclic) bond motifs is 2. The zero-order chi connectivity index (χ0) is 18.9. The molecular formula is C21H24N2O3S. The van der Waals surface area contributed by atoms with Gasteiger partial charge in [0.15, 0.2) is 0 Å². The van der Waals surface area contributed by atoms with Crippen LogP contribution in [-0.2, 0) is 34.1 Å². The van der Waals surface area contributed by atoms with Gasteiger partial charge in [-0.25, -0.2) is 13.1 Å². The fourth-order valence-electron chi connectivity index (χ4n) is 3.98. The van der Waals surface area contributed by atoms with Crippen LogP contribution in [0, 0.1) is 0 Å². The molecule has 0 radical (unpaired) electrons. The van der Waals surface area contributed by atoms with Gasteiger partial charge in [-0.15, -0.1) is 0 Å². The van der Waals surface area contributed by atoms with Crippen molar-refractivity contribution in [3.05, 3.63) is 59.2 Å². The van der Waals surface area contributed by atoms with Crippen molar-refractivity contribution in [2.24, 2.45) is 0 Å². The molecule has 1 aliphatic heterocycles. The highest BCUT2D eigenvalue weighted by molar-refractivity contribution is 7.89. The maximum Gasteiger partial charge on any atom is 0.240 e. The third-order valence-corrected chi connectivity index (χ3v) is 6.91. The number of rotatable bonds is 5. The monoisotopic (exact) mass is 384 g/mol. The summed E-state index contributed by atoms with van der Waals surface area (Å²) in [5.74, 6) is -0.0481. The number of hydrogen-bond donors (Lipinski definition) is 1. The third kappa shape index (κ3) is 3.77. The molecule has 0 bridgehead atoms. The molecule has 1 aliphatic carbocycles. The number of benzene rings is 2. The molecule has 4 rings (SSSR count). The van der Waals surface area contributed by atoms with E-state index in [9.17, 15) is 13.2 Å². The van der Waals surface area contributed by atoms with Gasteiger partial charge in [0.25, 0.3) is 0 Å². The fourth-order valence-corrected chi connectivity index (χ4v) is 5.07. The maximum atomic E-state index is 12.6.